The fourth-order valence-corrected chi connectivity index (χ4v) is 3.57. The van der Waals surface area contributed by atoms with Crippen LogP contribution < -0.4 is 0 Å². The van der Waals surface area contributed by atoms with E-state index in [1.54, 1.807) is 0 Å². The number of unbranched alkanes of at least 4 members (excludes halogenated alkanes) is 2. The molecule has 0 aromatic heterocycles. The largest absolute Gasteiger partial charge is 0.463 e. The van der Waals surface area contributed by atoms with Gasteiger partial charge in [-0.1, -0.05) is 55.7 Å². The smallest absolute Gasteiger partial charge is 0.330 e. The van der Waals surface area contributed by atoms with E-state index in [1.165, 1.54) is 55.7 Å². The van der Waals surface area contributed by atoms with Gasteiger partial charge in [0.15, 0.2) is 0 Å². The SMILES string of the molecule is C=CC(=O)OCCCCCC1CCC(c2ccc(C)cc2)CC1. The zero-order valence-corrected chi connectivity index (χ0v) is 14.4. The minimum atomic E-state index is -0.306. The number of aryl methyl sites for hydroxylation is 1. The highest BCUT2D eigenvalue weighted by Gasteiger charge is 2.21. The van der Waals surface area contributed by atoms with E-state index in [2.05, 4.69) is 37.8 Å². The Labute approximate surface area is 140 Å². The van der Waals surface area contributed by atoms with E-state index in [-0.39, 0.29) is 5.97 Å². The third-order valence-corrected chi connectivity index (χ3v) is 5.06. The number of esters is 1. The Hall–Kier alpha value is -1.57. The average molecular weight is 314 g/mol. The summed E-state index contributed by atoms with van der Waals surface area (Å²) < 4.78 is 5.00. The highest BCUT2D eigenvalue weighted by atomic mass is 16.5. The van der Waals surface area contributed by atoms with Gasteiger partial charge in [-0.05, 0) is 56.4 Å². The van der Waals surface area contributed by atoms with Crippen molar-refractivity contribution in [3.05, 3.63) is 48.0 Å². The maximum atomic E-state index is 10.9. The highest BCUT2D eigenvalue weighted by molar-refractivity contribution is 5.81. The lowest BCUT2D eigenvalue weighted by atomic mass is 9.77. The monoisotopic (exact) mass is 314 g/mol. The predicted octanol–water partition coefficient (Wildman–Crippen LogP) is 5.56. The van der Waals surface area contributed by atoms with E-state index in [0.29, 0.717) is 6.61 Å². The number of hydrogen-bond acceptors (Lipinski definition) is 2. The lowest BCUT2D eigenvalue weighted by Gasteiger charge is -2.29. The van der Waals surface area contributed by atoms with Crippen molar-refractivity contribution in [3.63, 3.8) is 0 Å². The van der Waals surface area contributed by atoms with E-state index < -0.39 is 0 Å². The Bertz CT molecular complexity index is 481. The molecular weight excluding hydrogens is 284 g/mol. The Kier molecular flexibility index (Phi) is 7.38. The van der Waals surface area contributed by atoms with Crippen LogP contribution in [-0.4, -0.2) is 12.6 Å². The molecule has 0 saturated heterocycles. The van der Waals surface area contributed by atoms with Gasteiger partial charge in [-0.2, -0.15) is 0 Å². The maximum absolute atomic E-state index is 10.9. The quantitative estimate of drug-likeness (QED) is 0.357. The Morgan fingerprint density at radius 2 is 1.83 bits per heavy atom. The summed E-state index contributed by atoms with van der Waals surface area (Å²) in [5.74, 6) is 1.36. The lowest BCUT2D eigenvalue weighted by Crippen LogP contribution is -2.13. The first-order valence-corrected chi connectivity index (χ1v) is 9.05. The summed E-state index contributed by atoms with van der Waals surface area (Å²) in [6.45, 7) is 6.08. The van der Waals surface area contributed by atoms with Crippen molar-refractivity contribution in [2.45, 2.75) is 64.2 Å². The number of rotatable bonds is 8. The summed E-state index contributed by atoms with van der Waals surface area (Å²) in [6.07, 6.45) is 11.3. The van der Waals surface area contributed by atoms with Crippen LogP contribution in [0.25, 0.3) is 0 Å². The molecule has 126 valence electrons. The second-order valence-electron chi connectivity index (χ2n) is 6.85. The molecule has 1 aromatic rings. The molecule has 0 spiro atoms. The first-order valence-electron chi connectivity index (χ1n) is 9.05. The van der Waals surface area contributed by atoms with Crippen molar-refractivity contribution in [2.75, 3.05) is 6.61 Å². The second-order valence-corrected chi connectivity index (χ2v) is 6.85. The second kappa shape index (κ2) is 9.54. The molecule has 0 bridgehead atoms. The van der Waals surface area contributed by atoms with Gasteiger partial charge < -0.3 is 4.74 Å². The number of carbonyl (C=O) groups excluding carboxylic acids is 1. The van der Waals surface area contributed by atoms with Crippen LogP contribution in [0.1, 0.15) is 68.4 Å². The number of carbonyl (C=O) groups is 1. The Morgan fingerprint density at radius 3 is 2.48 bits per heavy atom. The standard InChI is InChI=1S/C21H30O2/c1-3-21(22)23-16-6-4-5-7-18-10-14-20(15-11-18)19-12-8-17(2)9-13-19/h3,8-9,12-13,18,20H,1,4-7,10-11,14-16H2,2H3. The zero-order chi connectivity index (χ0) is 16.5. The van der Waals surface area contributed by atoms with Crippen molar-refractivity contribution in [1.29, 1.82) is 0 Å². The average Bonchev–Trinajstić information content (AvgIpc) is 2.59. The van der Waals surface area contributed by atoms with Crippen LogP contribution in [0.5, 0.6) is 0 Å². The van der Waals surface area contributed by atoms with Crippen LogP contribution >= 0.6 is 0 Å². The molecule has 2 heteroatoms. The fourth-order valence-electron chi connectivity index (χ4n) is 3.57. The normalized spacial score (nSPS) is 20.9. The van der Waals surface area contributed by atoms with Crippen LogP contribution in [0.2, 0.25) is 0 Å². The summed E-state index contributed by atoms with van der Waals surface area (Å²) in [5, 5.41) is 0. The number of benzene rings is 1. The molecule has 0 aliphatic heterocycles. The van der Waals surface area contributed by atoms with Crippen LogP contribution in [-0.2, 0) is 9.53 Å². The van der Waals surface area contributed by atoms with Gasteiger partial charge in [-0.15, -0.1) is 0 Å². The molecule has 0 atom stereocenters. The molecular formula is C21H30O2. The molecule has 1 fully saturated rings. The zero-order valence-electron chi connectivity index (χ0n) is 14.4. The van der Waals surface area contributed by atoms with Gasteiger partial charge >= 0.3 is 5.97 Å². The molecule has 0 amide bonds. The lowest BCUT2D eigenvalue weighted by molar-refractivity contribution is -0.137. The van der Waals surface area contributed by atoms with E-state index in [9.17, 15) is 4.79 Å². The summed E-state index contributed by atoms with van der Waals surface area (Å²) in [4.78, 5) is 10.9. The van der Waals surface area contributed by atoms with Crippen molar-refractivity contribution in [3.8, 4) is 0 Å². The first kappa shape index (κ1) is 17.8. The van der Waals surface area contributed by atoms with E-state index >= 15 is 0 Å². The van der Waals surface area contributed by atoms with Crippen LogP contribution in [0.15, 0.2) is 36.9 Å². The summed E-state index contributed by atoms with van der Waals surface area (Å²) in [6, 6.07) is 9.09. The number of hydrogen-bond donors (Lipinski definition) is 0. The van der Waals surface area contributed by atoms with Gasteiger partial charge in [-0.25, -0.2) is 4.79 Å². The number of ether oxygens (including phenoxy) is 1. The summed E-state index contributed by atoms with van der Waals surface area (Å²) in [5.41, 5.74) is 2.87. The maximum Gasteiger partial charge on any atom is 0.330 e. The molecule has 1 aromatic carbocycles. The van der Waals surface area contributed by atoms with Crippen molar-refractivity contribution >= 4 is 5.97 Å². The first-order chi connectivity index (χ1) is 11.2. The van der Waals surface area contributed by atoms with E-state index in [1.807, 2.05) is 0 Å². The fraction of sp³-hybridized carbons (Fsp3) is 0.571. The molecule has 1 aliphatic rings. The van der Waals surface area contributed by atoms with Crippen molar-refractivity contribution in [2.24, 2.45) is 5.92 Å². The third-order valence-electron chi connectivity index (χ3n) is 5.06. The van der Waals surface area contributed by atoms with Crippen LogP contribution in [0.4, 0.5) is 0 Å². The molecule has 1 saturated carbocycles. The summed E-state index contributed by atoms with van der Waals surface area (Å²) in [7, 11) is 0. The molecule has 0 heterocycles. The molecule has 0 N–H and O–H groups in total. The minimum Gasteiger partial charge on any atom is -0.463 e. The van der Waals surface area contributed by atoms with Crippen LogP contribution in [0.3, 0.4) is 0 Å². The molecule has 2 nitrogen and oxygen atoms in total. The summed E-state index contributed by atoms with van der Waals surface area (Å²) >= 11 is 0. The van der Waals surface area contributed by atoms with Crippen molar-refractivity contribution in [1.82, 2.24) is 0 Å². The minimum absolute atomic E-state index is 0.306. The highest BCUT2D eigenvalue weighted by Crippen LogP contribution is 2.37. The third kappa shape index (κ3) is 6.21. The Morgan fingerprint density at radius 1 is 1.13 bits per heavy atom. The molecule has 0 radical (unpaired) electrons. The molecule has 0 unspecified atom stereocenters. The van der Waals surface area contributed by atoms with Gasteiger partial charge in [0, 0.05) is 6.08 Å². The van der Waals surface area contributed by atoms with Gasteiger partial charge in [0.05, 0.1) is 6.61 Å². The predicted molar refractivity (Wildman–Crippen MR) is 95.5 cm³/mol. The Balaban J connectivity index is 1.57. The molecule has 2 rings (SSSR count). The van der Waals surface area contributed by atoms with E-state index in [0.717, 1.165) is 24.7 Å². The molecule has 1 aliphatic carbocycles. The van der Waals surface area contributed by atoms with Crippen molar-refractivity contribution < 1.29 is 9.53 Å². The molecule has 23 heavy (non-hydrogen) atoms. The van der Waals surface area contributed by atoms with Gasteiger partial charge in [0.2, 0.25) is 0 Å². The van der Waals surface area contributed by atoms with Gasteiger partial charge in [-0.3, -0.25) is 0 Å². The van der Waals surface area contributed by atoms with E-state index in [4.69, 9.17) is 4.74 Å². The van der Waals surface area contributed by atoms with Crippen LogP contribution in [0, 0.1) is 12.8 Å². The topological polar surface area (TPSA) is 26.3 Å². The van der Waals surface area contributed by atoms with Gasteiger partial charge in [0.1, 0.15) is 0 Å². The van der Waals surface area contributed by atoms with Gasteiger partial charge in [0.25, 0.3) is 0 Å².